The molecule has 0 heterocycles. The zero-order valence-corrected chi connectivity index (χ0v) is 12.9. The Morgan fingerprint density at radius 1 is 1.25 bits per heavy atom. The molecule has 3 N–H and O–H groups in total. The van der Waals surface area contributed by atoms with Gasteiger partial charge >= 0.3 is 0 Å². The van der Waals surface area contributed by atoms with E-state index in [0.717, 1.165) is 49.5 Å². The van der Waals surface area contributed by atoms with Crippen LogP contribution in [0.25, 0.3) is 0 Å². The lowest BCUT2D eigenvalue weighted by Gasteiger charge is -2.21. The minimum atomic E-state index is -0.328. The summed E-state index contributed by atoms with van der Waals surface area (Å²) >= 11 is 0. The van der Waals surface area contributed by atoms with Crippen LogP contribution < -0.4 is 10.5 Å². The van der Waals surface area contributed by atoms with E-state index >= 15 is 0 Å². The number of aliphatic hydroxyl groups excluding tert-OH is 1. The first-order valence-electron chi connectivity index (χ1n) is 7.50. The third-order valence-electron chi connectivity index (χ3n) is 3.46. The Balaban J connectivity index is 2.98. The average molecular weight is 280 g/mol. The van der Waals surface area contributed by atoms with Crippen molar-refractivity contribution in [3.8, 4) is 5.75 Å². The van der Waals surface area contributed by atoms with Crippen LogP contribution in [-0.2, 0) is 6.54 Å². The van der Waals surface area contributed by atoms with Gasteiger partial charge in [-0.05, 0) is 37.2 Å². The highest BCUT2D eigenvalue weighted by molar-refractivity contribution is 5.38. The second-order valence-corrected chi connectivity index (χ2v) is 4.97. The highest BCUT2D eigenvalue weighted by atomic mass is 16.5. The molecule has 0 aliphatic heterocycles. The molecule has 0 amide bonds. The zero-order chi connectivity index (χ0) is 15.0. The van der Waals surface area contributed by atoms with E-state index in [1.54, 1.807) is 0 Å². The lowest BCUT2D eigenvalue weighted by atomic mass is 10.0. The molecule has 4 nitrogen and oxygen atoms in total. The molecule has 0 aliphatic carbocycles. The predicted octanol–water partition coefficient (Wildman–Crippen LogP) is 2.31. The fourth-order valence-corrected chi connectivity index (χ4v) is 2.10. The van der Waals surface area contributed by atoms with E-state index in [4.69, 9.17) is 10.5 Å². The van der Waals surface area contributed by atoms with Gasteiger partial charge in [0.1, 0.15) is 5.75 Å². The normalized spacial score (nSPS) is 12.7. The Bertz CT molecular complexity index is 392. The molecule has 0 radical (unpaired) electrons. The number of aliphatic hydroxyl groups is 1. The number of hydrogen-bond donors (Lipinski definition) is 2. The Morgan fingerprint density at radius 3 is 2.50 bits per heavy atom. The highest BCUT2D eigenvalue weighted by Gasteiger charge is 2.12. The molecular formula is C16H28N2O2. The van der Waals surface area contributed by atoms with Crippen LogP contribution in [0, 0.1) is 0 Å². The minimum Gasteiger partial charge on any atom is -0.493 e. The van der Waals surface area contributed by atoms with Gasteiger partial charge in [-0.25, -0.2) is 0 Å². The van der Waals surface area contributed by atoms with E-state index < -0.39 is 0 Å². The van der Waals surface area contributed by atoms with Gasteiger partial charge in [-0.3, -0.25) is 4.90 Å². The lowest BCUT2D eigenvalue weighted by molar-refractivity contribution is 0.265. The smallest absolute Gasteiger partial charge is 0.123 e. The molecule has 1 aromatic carbocycles. The van der Waals surface area contributed by atoms with Gasteiger partial charge < -0.3 is 15.6 Å². The second-order valence-electron chi connectivity index (χ2n) is 4.97. The fraction of sp³-hybridized carbons (Fsp3) is 0.625. The van der Waals surface area contributed by atoms with Gasteiger partial charge in [0, 0.05) is 12.1 Å². The van der Waals surface area contributed by atoms with Gasteiger partial charge in [-0.2, -0.15) is 0 Å². The number of benzene rings is 1. The molecule has 114 valence electrons. The monoisotopic (exact) mass is 280 g/mol. The molecule has 1 aromatic rings. The molecule has 0 saturated carbocycles. The molecular weight excluding hydrogens is 252 g/mol. The number of hydrogen-bond acceptors (Lipinski definition) is 4. The van der Waals surface area contributed by atoms with E-state index in [2.05, 4.69) is 31.7 Å². The van der Waals surface area contributed by atoms with Crippen LogP contribution in [0.5, 0.6) is 5.75 Å². The first-order chi connectivity index (χ1) is 9.65. The fourth-order valence-electron chi connectivity index (χ4n) is 2.10. The van der Waals surface area contributed by atoms with Crippen molar-refractivity contribution in [2.24, 2.45) is 5.73 Å². The van der Waals surface area contributed by atoms with Gasteiger partial charge in [0.2, 0.25) is 0 Å². The first-order valence-corrected chi connectivity index (χ1v) is 7.50. The van der Waals surface area contributed by atoms with Crippen LogP contribution in [0.15, 0.2) is 18.2 Å². The van der Waals surface area contributed by atoms with Crippen LogP contribution in [-0.4, -0.2) is 36.3 Å². The minimum absolute atomic E-state index is 0.0418. The molecule has 0 bridgehead atoms. The third-order valence-corrected chi connectivity index (χ3v) is 3.46. The van der Waals surface area contributed by atoms with E-state index in [-0.39, 0.29) is 12.6 Å². The summed E-state index contributed by atoms with van der Waals surface area (Å²) in [5, 5.41) is 9.20. The van der Waals surface area contributed by atoms with E-state index in [1.165, 1.54) is 0 Å². The summed E-state index contributed by atoms with van der Waals surface area (Å²) in [7, 11) is 0. The number of rotatable bonds is 9. The Morgan fingerprint density at radius 2 is 1.95 bits per heavy atom. The molecule has 1 rings (SSSR count). The molecule has 4 heteroatoms. The largest absolute Gasteiger partial charge is 0.493 e. The molecule has 0 spiro atoms. The number of nitrogens with zero attached hydrogens (tertiary/aromatic N) is 1. The van der Waals surface area contributed by atoms with Gasteiger partial charge in [0.05, 0.1) is 19.3 Å². The van der Waals surface area contributed by atoms with E-state index in [9.17, 15) is 5.11 Å². The van der Waals surface area contributed by atoms with Crippen LogP contribution in [0.4, 0.5) is 0 Å². The van der Waals surface area contributed by atoms with E-state index in [1.807, 2.05) is 12.1 Å². The molecule has 1 atom stereocenters. The molecule has 0 aliphatic rings. The predicted molar refractivity (Wildman–Crippen MR) is 82.9 cm³/mol. The van der Waals surface area contributed by atoms with Crippen molar-refractivity contribution >= 4 is 0 Å². The van der Waals surface area contributed by atoms with Crippen LogP contribution in [0.2, 0.25) is 0 Å². The Kier molecular flexibility index (Phi) is 7.59. The quantitative estimate of drug-likeness (QED) is 0.729. The summed E-state index contributed by atoms with van der Waals surface area (Å²) in [6, 6.07) is 5.65. The Hall–Kier alpha value is -1.10. The number of ether oxygens (including phenoxy) is 1. The van der Waals surface area contributed by atoms with Crippen LogP contribution >= 0.6 is 0 Å². The van der Waals surface area contributed by atoms with Crippen LogP contribution in [0.3, 0.4) is 0 Å². The summed E-state index contributed by atoms with van der Waals surface area (Å²) in [6.45, 7) is 9.92. The molecule has 0 unspecified atom stereocenters. The van der Waals surface area contributed by atoms with Crippen molar-refractivity contribution in [3.05, 3.63) is 29.3 Å². The maximum atomic E-state index is 9.20. The second kappa shape index (κ2) is 8.95. The lowest BCUT2D eigenvalue weighted by Crippen LogP contribution is -2.23. The van der Waals surface area contributed by atoms with Crippen molar-refractivity contribution in [3.63, 3.8) is 0 Å². The third kappa shape index (κ3) is 4.78. The maximum absolute atomic E-state index is 9.20. The number of nitrogens with two attached hydrogens (primary N) is 1. The summed E-state index contributed by atoms with van der Waals surface area (Å²) < 4.78 is 5.81. The van der Waals surface area contributed by atoms with E-state index in [0.29, 0.717) is 0 Å². The standard InChI is InChI=1S/C16H28N2O2/c1-4-9-20-16-8-7-13(15(17)12-19)10-14(16)11-18(5-2)6-3/h7-8,10,15,19H,4-6,9,11-12,17H2,1-3H3/t15-/m1/s1. The molecule has 0 fully saturated rings. The topological polar surface area (TPSA) is 58.7 Å². The molecule has 0 saturated heterocycles. The summed E-state index contributed by atoms with van der Waals surface area (Å²) in [5.41, 5.74) is 8.00. The molecule has 0 aromatic heterocycles. The van der Waals surface area contributed by atoms with Gasteiger partial charge in [0.15, 0.2) is 0 Å². The van der Waals surface area contributed by atoms with Crippen LogP contribution in [0.1, 0.15) is 44.4 Å². The summed E-state index contributed by atoms with van der Waals surface area (Å²) in [6.07, 6.45) is 0.989. The van der Waals surface area contributed by atoms with Crippen molar-refractivity contribution in [2.45, 2.75) is 39.8 Å². The first kappa shape index (κ1) is 17.0. The summed E-state index contributed by atoms with van der Waals surface area (Å²) in [5.74, 6) is 0.924. The zero-order valence-electron chi connectivity index (χ0n) is 12.9. The molecule has 20 heavy (non-hydrogen) atoms. The van der Waals surface area contributed by atoms with Gasteiger partial charge in [-0.1, -0.05) is 26.8 Å². The van der Waals surface area contributed by atoms with Crippen molar-refractivity contribution in [2.75, 3.05) is 26.3 Å². The summed E-state index contributed by atoms with van der Waals surface area (Å²) in [4.78, 5) is 2.34. The Labute approximate surface area is 122 Å². The maximum Gasteiger partial charge on any atom is 0.123 e. The van der Waals surface area contributed by atoms with Gasteiger partial charge in [0.25, 0.3) is 0 Å². The van der Waals surface area contributed by atoms with Crippen molar-refractivity contribution in [1.82, 2.24) is 4.90 Å². The highest BCUT2D eigenvalue weighted by Crippen LogP contribution is 2.24. The average Bonchev–Trinajstić information content (AvgIpc) is 2.50. The van der Waals surface area contributed by atoms with Crippen molar-refractivity contribution < 1.29 is 9.84 Å². The van der Waals surface area contributed by atoms with Crippen molar-refractivity contribution in [1.29, 1.82) is 0 Å². The van der Waals surface area contributed by atoms with Gasteiger partial charge in [-0.15, -0.1) is 0 Å². The SMILES string of the molecule is CCCOc1ccc([C@H](N)CO)cc1CN(CC)CC.